The van der Waals surface area contributed by atoms with Gasteiger partial charge in [0.2, 0.25) is 10.0 Å². The largest absolute Gasteiger partial charge is 0.417 e. The Bertz CT molecular complexity index is 1180. The molecule has 3 rings (SSSR count). The summed E-state index contributed by atoms with van der Waals surface area (Å²) in [7, 11) is -5.94. The van der Waals surface area contributed by atoms with Crippen molar-refractivity contribution in [2.45, 2.75) is 69.3 Å². The van der Waals surface area contributed by atoms with Crippen LogP contribution in [0.3, 0.4) is 0 Å². The number of anilines is 1. The molecule has 1 saturated carbocycles. The molecule has 0 bridgehead atoms. The number of benzene rings is 2. The van der Waals surface area contributed by atoms with E-state index in [0.29, 0.717) is 29.4 Å². The monoisotopic (exact) mass is 625 g/mol. The first-order valence-electron chi connectivity index (χ1n) is 11.2. The van der Waals surface area contributed by atoms with Gasteiger partial charge >= 0.3 is 0 Å². The van der Waals surface area contributed by atoms with Gasteiger partial charge in [-0.25, -0.2) is 21.6 Å². The first-order valence-corrected chi connectivity index (χ1v) is 16.6. The molecular weight excluding hydrogens is 594 g/mol. The summed E-state index contributed by atoms with van der Waals surface area (Å²) in [5.41, 5.74) is -0.153. The van der Waals surface area contributed by atoms with Crippen molar-refractivity contribution in [1.82, 2.24) is 0 Å². The van der Waals surface area contributed by atoms with Gasteiger partial charge in [-0.3, -0.25) is 4.72 Å². The van der Waals surface area contributed by atoms with Gasteiger partial charge in [-0.15, -0.1) is 0 Å². The Labute approximate surface area is 215 Å². The molecule has 0 saturated heterocycles. The number of halogens is 4. The molecule has 188 valence electrons. The minimum atomic E-state index is -3.91. The van der Waals surface area contributed by atoms with Crippen LogP contribution in [-0.4, -0.2) is 28.1 Å². The van der Waals surface area contributed by atoms with E-state index in [-0.39, 0.29) is 28.3 Å². The summed E-state index contributed by atoms with van der Waals surface area (Å²) in [6.45, 7) is 10.9. The Kier molecular flexibility index (Phi) is 7.87. The second-order valence-corrected chi connectivity index (χ2v) is 18.6. The van der Waals surface area contributed by atoms with Gasteiger partial charge in [-0.2, -0.15) is 0 Å². The summed E-state index contributed by atoms with van der Waals surface area (Å²) < 4.78 is 78.1. The van der Waals surface area contributed by atoms with Crippen molar-refractivity contribution in [2.75, 3.05) is 11.3 Å². The number of hydrogen-bond donors (Lipinski definition) is 1. The van der Waals surface area contributed by atoms with Gasteiger partial charge in [-0.1, -0.05) is 26.8 Å². The van der Waals surface area contributed by atoms with E-state index < -0.39 is 40.5 Å². The fourth-order valence-corrected chi connectivity index (χ4v) is 6.66. The van der Waals surface area contributed by atoms with Crippen molar-refractivity contribution in [2.24, 2.45) is 0 Å². The third kappa shape index (κ3) is 5.81. The number of hydrogen-bond acceptors (Lipinski definition) is 3. The molecule has 0 spiro atoms. The van der Waals surface area contributed by atoms with Crippen LogP contribution in [0.5, 0.6) is 0 Å². The molecule has 34 heavy (non-hydrogen) atoms. The van der Waals surface area contributed by atoms with Crippen LogP contribution in [0.1, 0.15) is 51.2 Å². The van der Waals surface area contributed by atoms with Gasteiger partial charge in [-0.05, 0) is 89.8 Å². The van der Waals surface area contributed by atoms with E-state index >= 15 is 0 Å². The molecule has 0 radical (unpaired) electrons. The predicted octanol–water partition coefficient (Wildman–Crippen LogP) is 6.99. The van der Waals surface area contributed by atoms with Gasteiger partial charge in [0.05, 0.1) is 10.4 Å². The standard InChI is InChI=1S/C24H31F3INO3SSi/c1-23(2,3)34(4,5)32-13-12-24(10-11-24)33(30,31)29-21-9-8-19(25)22(27)18(21)14-16-6-7-17(28)15-20(16)26/h6-9,15,29H,10-14H2,1-5H3. The lowest BCUT2D eigenvalue weighted by Crippen LogP contribution is -2.42. The van der Waals surface area contributed by atoms with Crippen molar-refractivity contribution in [1.29, 1.82) is 0 Å². The minimum Gasteiger partial charge on any atom is -0.417 e. The van der Waals surface area contributed by atoms with E-state index in [1.165, 1.54) is 18.2 Å². The molecule has 1 aliphatic carbocycles. The summed E-state index contributed by atoms with van der Waals surface area (Å²) in [4.78, 5) is 0. The van der Waals surface area contributed by atoms with E-state index in [1.54, 1.807) is 6.07 Å². The van der Waals surface area contributed by atoms with Crippen LogP contribution in [0.4, 0.5) is 18.9 Å². The molecule has 10 heteroatoms. The van der Waals surface area contributed by atoms with E-state index in [2.05, 4.69) is 38.6 Å². The molecule has 0 heterocycles. The fraction of sp³-hybridized carbons (Fsp3) is 0.500. The van der Waals surface area contributed by atoms with Gasteiger partial charge in [0.15, 0.2) is 20.0 Å². The molecule has 0 aromatic heterocycles. The summed E-state index contributed by atoms with van der Waals surface area (Å²) in [6, 6.07) is 6.50. The molecule has 0 amide bonds. The van der Waals surface area contributed by atoms with Crippen molar-refractivity contribution in [3.63, 3.8) is 0 Å². The SMILES string of the molecule is CC(C)(C)[Si](C)(C)OCCC1(S(=O)(=O)Nc2ccc(F)c(F)c2Cc2ccc(I)cc2F)CC1. The van der Waals surface area contributed by atoms with Crippen LogP contribution in [0.15, 0.2) is 30.3 Å². The zero-order chi connectivity index (χ0) is 25.5. The second-order valence-electron chi connectivity index (χ2n) is 10.4. The summed E-state index contributed by atoms with van der Waals surface area (Å²) in [6.07, 6.45) is 0.965. The van der Waals surface area contributed by atoms with Crippen LogP contribution < -0.4 is 4.72 Å². The zero-order valence-electron chi connectivity index (χ0n) is 20.1. The van der Waals surface area contributed by atoms with E-state index in [0.717, 1.165) is 6.07 Å². The highest BCUT2D eigenvalue weighted by Crippen LogP contribution is 2.48. The van der Waals surface area contributed by atoms with Crippen molar-refractivity contribution < 1.29 is 26.0 Å². The topological polar surface area (TPSA) is 55.4 Å². The van der Waals surface area contributed by atoms with Crippen LogP contribution in [0.25, 0.3) is 0 Å². The highest BCUT2D eigenvalue weighted by molar-refractivity contribution is 14.1. The fourth-order valence-electron chi connectivity index (χ4n) is 3.47. The van der Waals surface area contributed by atoms with E-state index in [9.17, 15) is 21.6 Å². The smallest absolute Gasteiger partial charge is 0.238 e. The Balaban J connectivity index is 1.82. The highest BCUT2D eigenvalue weighted by atomic mass is 127. The first-order chi connectivity index (χ1) is 15.6. The van der Waals surface area contributed by atoms with Gasteiger partial charge in [0.1, 0.15) is 5.82 Å². The van der Waals surface area contributed by atoms with Crippen molar-refractivity contribution in [3.05, 3.63) is 62.5 Å². The zero-order valence-corrected chi connectivity index (χ0v) is 24.0. The molecule has 2 aromatic carbocycles. The Morgan fingerprint density at radius 2 is 1.74 bits per heavy atom. The average Bonchev–Trinajstić information content (AvgIpc) is 3.50. The summed E-state index contributed by atoms with van der Waals surface area (Å²) >= 11 is 1.95. The summed E-state index contributed by atoms with van der Waals surface area (Å²) in [5.74, 6) is -2.87. The predicted molar refractivity (Wildman–Crippen MR) is 141 cm³/mol. The average molecular weight is 626 g/mol. The molecule has 1 aliphatic rings. The Morgan fingerprint density at radius 3 is 2.29 bits per heavy atom. The van der Waals surface area contributed by atoms with Crippen LogP contribution >= 0.6 is 22.6 Å². The summed E-state index contributed by atoms with van der Waals surface area (Å²) in [5, 5.41) is 0.00611. The lowest BCUT2D eigenvalue weighted by molar-refractivity contribution is 0.277. The van der Waals surface area contributed by atoms with E-state index in [4.69, 9.17) is 4.43 Å². The molecular formula is C24H31F3INO3SSi. The molecule has 0 unspecified atom stereocenters. The quantitative estimate of drug-likeness (QED) is 0.242. The van der Waals surface area contributed by atoms with Crippen LogP contribution in [0.2, 0.25) is 18.1 Å². The highest BCUT2D eigenvalue weighted by Gasteiger charge is 2.54. The number of nitrogens with one attached hydrogen (secondary N) is 1. The lowest BCUT2D eigenvalue weighted by atomic mass is 10.0. The lowest BCUT2D eigenvalue weighted by Gasteiger charge is -2.36. The van der Waals surface area contributed by atoms with Gasteiger partial charge in [0.25, 0.3) is 0 Å². The Morgan fingerprint density at radius 1 is 1.09 bits per heavy atom. The normalized spacial score (nSPS) is 15.9. The molecule has 0 atom stereocenters. The molecule has 0 aliphatic heterocycles. The van der Waals surface area contributed by atoms with Crippen molar-refractivity contribution in [3.8, 4) is 0 Å². The number of sulfonamides is 1. The molecule has 2 aromatic rings. The third-order valence-electron chi connectivity index (χ3n) is 7.03. The van der Waals surface area contributed by atoms with E-state index in [1.807, 2.05) is 22.6 Å². The second kappa shape index (κ2) is 9.74. The minimum absolute atomic E-state index is 0.00611. The van der Waals surface area contributed by atoms with Gasteiger partial charge in [0, 0.05) is 22.2 Å². The first kappa shape index (κ1) is 27.5. The van der Waals surface area contributed by atoms with Crippen molar-refractivity contribution >= 4 is 46.6 Å². The number of rotatable bonds is 9. The Hall–Kier alpha value is -1.11. The maximum atomic E-state index is 14.7. The molecule has 4 nitrogen and oxygen atoms in total. The maximum Gasteiger partial charge on any atom is 0.238 e. The van der Waals surface area contributed by atoms with Crippen LogP contribution in [-0.2, 0) is 20.9 Å². The molecule has 1 N–H and O–H groups in total. The van der Waals surface area contributed by atoms with Gasteiger partial charge < -0.3 is 4.43 Å². The maximum absolute atomic E-state index is 14.7. The molecule has 1 fully saturated rings. The van der Waals surface area contributed by atoms with Crippen LogP contribution in [0, 0.1) is 21.0 Å². The third-order valence-corrected chi connectivity index (χ3v) is 14.5.